The van der Waals surface area contributed by atoms with Gasteiger partial charge >= 0.3 is 0 Å². The molecule has 3 heterocycles. The molecule has 0 unspecified atom stereocenters. The van der Waals surface area contributed by atoms with E-state index in [1.54, 1.807) is 0 Å². The van der Waals surface area contributed by atoms with Crippen LogP contribution in [0.3, 0.4) is 0 Å². The molecule has 0 saturated heterocycles. The van der Waals surface area contributed by atoms with Crippen molar-refractivity contribution in [2.24, 2.45) is 0 Å². The van der Waals surface area contributed by atoms with Gasteiger partial charge in [0.05, 0.1) is 11.0 Å². The van der Waals surface area contributed by atoms with E-state index in [2.05, 4.69) is 185 Å². The van der Waals surface area contributed by atoms with E-state index < -0.39 is 8.07 Å². The molecule has 3 nitrogen and oxygen atoms in total. The van der Waals surface area contributed by atoms with Gasteiger partial charge in [-0.05, 0) is 57.1 Å². The molecule has 0 N–H and O–H groups in total. The number of hydrogen-bond donors (Lipinski definition) is 0. The van der Waals surface area contributed by atoms with Crippen molar-refractivity contribution in [3.05, 3.63) is 176 Å². The number of benzene rings is 6. The van der Waals surface area contributed by atoms with E-state index >= 15 is 0 Å². The van der Waals surface area contributed by atoms with Crippen LogP contribution in [0, 0.1) is 0 Å². The third-order valence-corrected chi connectivity index (χ3v) is 14.1. The summed E-state index contributed by atoms with van der Waals surface area (Å²) in [5.41, 5.74) is 4.68. The lowest BCUT2D eigenvalue weighted by Gasteiger charge is -2.44. The van der Waals surface area contributed by atoms with E-state index in [1.165, 1.54) is 42.9 Å². The highest BCUT2D eigenvalue weighted by Gasteiger charge is 2.48. The van der Waals surface area contributed by atoms with Crippen molar-refractivity contribution in [3.8, 4) is 5.82 Å². The van der Waals surface area contributed by atoms with Crippen LogP contribution < -0.4 is 25.6 Å². The van der Waals surface area contributed by atoms with Crippen LogP contribution in [0.15, 0.2) is 176 Å². The zero-order chi connectivity index (χ0) is 29.8. The van der Waals surface area contributed by atoms with Gasteiger partial charge in [-0.3, -0.25) is 9.47 Å². The van der Waals surface area contributed by atoms with Gasteiger partial charge in [0.1, 0.15) is 11.6 Å². The van der Waals surface area contributed by atoms with E-state index in [4.69, 9.17) is 4.98 Å². The van der Waals surface area contributed by atoms with Crippen LogP contribution in [0.4, 0.5) is 17.2 Å². The first-order chi connectivity index (χ1) is 22.4. The number of rotatable bonds is 4. The first-order valence-corrected chi connectivity index (χ1v) is 17.4. The number of anilines is 3. The summed E-state index contributed by atoms with van der Waals surface area (Å²) in [6, 6.07) is 63.8. The number of para-hydroxylation sites is 4. The third kappa shape index (κ3) is 3.73. The molecule has 0 saturated carbocycles. The monoisotopic (exact) mass is 591 g/mol. The summed E-state index contributed by atoms with van der Waals surface area (Å²) in [7, 11) is -2.66. The Morgan fingerprint density at radius 1 is 0.378 bits per heavy atom. The fraction of sp³-hybridized carbons (Fsp3) is 0. The summed E-state index contributed by atoms with van der Waals surface area (Å²) < 4.78 is 2.29. The van der Waals surface area contributed by atoms with Crippen molar-refractivity contribution in [2.45, 2.75) is 0 Å². The standard InChI is InChI=1S/C41H29N3Si/c1-3-16-30(17-4-1)45(31-18-5-2-6-19-31)38-26-13-11-24-36(38)44(37-25-12-14-27-39(37)45)41-29-15-28-40(42-41)43-34-22-9-7-20-32(34)33-21-8-10-23-35(33)43/h1-29H. The highest BCUT2D eigenvalue weighted by molar-refractivity contribution is 7.21. The number of aromatic nitrogens is 2. The van der Waals surface area contributed by atoms with Crippen LogP contribution in [0.5, 0.6) is 0 Å². The Kier molecular flexibility index (Phi) is 5.83. The average Bonchev–Trinajstić information content (AvgIpc) is 3.46. The molecule has 0 aliphatic carbocycles. The topological polar surface area (TPSA) is 21.1 Å². The molecule has 4 heteroatoms. The number of pyridine rings is 1. The summed E-state index contributed by atoms with van der Waals surface area (Å²) >= 11 is 0. The molecule has 1 aliphatic heterocycles. The third-order valence-electron chi connectivity index (χ3n) is 9.27. The first kappa shape index (κ1) is 25.8. The summed E-state index contributed by atoms with van der Waals surface area (Å²) in [6.07, 6.45) is 0. The van der Waals surface area contributed by atoms with Crippen LogP contribution >= 0.6 is 0 Å². The van der Waals surface area contributed by atoms with E-state index in [0.717, 1.165) is 22.7 Å². The first-order valence-electron chi connectivity index (χ1n) is 15.4. The van der Waals surface area contributed by atoms with Gasteiger partial charge in [-0.25, -0.2) is 4.98 Å². The normalized spacial score (nSPS) is 13.5. The summed E-state index contributed by atoms with van der Waals surface area (Å²) in [5, 5.41) is 7.95. The fourth-order valence-electron chi connectivity index (χ4n) is 7.49. The summed E-state index contributed by atoms with van der Waals surface area (Å²) in [4.78, 5) is 7.81. The van der Waals surface area contributed by atoms with Gasteiger partial charge in [0, 0.05) is 22.1 Å². The highest BCUT2D eigenvalue weighted by atomic mass is 28.3. The number of hydrogen-bond acceptors (Lipinski definition) is 2. The van der Waals surface area contributed by atoms with Crippen LogP contribution in [-0.2, 0) is 0 Å². The zero-order valence-electron chi connectivity index (χ0n) is 24.6. The molecule has 0 radical (unpaired) electrons. The van der Waals surface area contributed by atoms with Gasteiger partial charge in [0.25, 0.3) is 0 Å². The molecule has 45 heavy (non-hydrogen) atoms. The van der Waals surface area contributed by atoms with Crippen LogP contribution in [0.25, 0.3) is 27.6 Å². The average molecular weight is 592 g/mol. The number of fused-ring (bicyclic) bond motifs is 5. The SMILES string of the molecule is c1ccc([Si]2(c3ccccc3)c3ccccc3N(c3cccc(-n4c5ccccc5c5ccccc54)n3)c3ccccc32)cc1. The molecule has 0 amide bonds. The van der Waals surface area contributed by atoms with Crippen molar-refractivity contribution in [1.82, 2.24) is 9.55 Å². The van der Waals surface area contributed by atoms with Crippen molar-refractivity contribution in [3.63, 3.8) is 0 Å². The Labute approximate surface area is 263 Å². The van der Waals surface area contributed by atoms with Crippen LogP contribution in [0.1, 0.15) is 0 Å². The van der Waals surface area contributed by atoms with E-state index in [9.17, 15) is 0 Å². The molecule has 0 atom stereocenters. The fourth-order valence-corrected chi connectivity index (χ4v) is 12.6. The molecule has 0 spiro atoms. The van der Waals surface area contributed by atoms with E-state index in [-0.39, 0.29) is 0 Å². The van der Waals surface area contributed by atoms with Crippen molar-refractivity contribution >= 4 is 67.8 Å². The predicted molar refractivity (Wildman–Crippen MR) is 190 cm³/mol. The molecular weight excluding hydrogens is 563 g/mol. The zero-order valence-corrected chi connectivity index (χ0v) is 25.6. The van der Waals surface area contributed by atoms with Gasteiger partial charge in [-0.1, -0.05) is 140 Å². The van der Waals surface area contributed by atoms with Gasteiger partial charge < -0.3 is 0 Å². The van der Waals surface area contributed by atoms with E-state index in [1.807, 2.05) is 0 Å². The molecule has 1 aliphatic rings. The maximum absolute atomic E-state index is 5.43. The van der Waals surface area contributed by atoms with Crippen molar-refractivity contribution < 1.29 is 0 Å². The van der Waals surface area contributed by atoms with E-state index in [0.29, 0.717) is 0 Å². The van der Waals surface area contributed by atoms with Crippen LogP contribution in [0.2, 0.25) is 0 Å². The molecular formula is C41H29N3Si. The minimum absolute atomic E-state index is 0.901. The minimum atomic E-state index is -2.66. The summed E-state index contributed by atoms with van der Waals surface area (Å²) in [5.74, 6) is 1.80. The quantitative estimate of drug-likeness (QED) is 0.200. The van der Waals surface area contributed by atoms with Gasteiger partial charge in [0.15, 0.2) is 8.07 Å². The molecule has 8 aromatic rings. The smallest absolute Gasteiger partial charge is 0.184 e. The largest absolute Gasteiger partial charge is 0.295 e. The lowest BCUT2D eigenvalue weighted by atomic mass is 10.2. The Bertz CT molecular complexity index is 2200. The molecule has 2 aromatic heterocycles. The summed E-state index contributed by atoms with van der Waals surface area (Å²) in [6.45, 7) is 0. The molecule has 0 bridgehead atoms. The second kappa shape index (κ2) is 10.2. The lowest BCUT2D eigenvalue weighted by Crippen LogP contribution is -2.77. The second-order valence-electron chi connectivity index (χ2n) is 11.6. The molecule has 9 rings (SSSR count). The molecule has 0 fully saturated rings. The maximum atomic E-state index is 5.43. The van der Waals surface area contributed by atoms with Crippen molar-refractivity contribution in [2.75, 3.05) is 4.90 Å². The Hall–Kier alpha value is -5.71. The van der Waals surface area contributed by atoms with Crippen molar-refractivity contribution in [1.29, 1.82) is 0 Å². The molecule has 212 valence electrons. The molecule has 6 aromatic carbocycles. The van der Waals surface area contributed by atoms with Gasteiger partial charge in [-0.2, -0.15) is 0 Å². The maximum Gasteiger partial charge on any atom is 0.184 e. The second-order valence-corrected chi connectivity index (χ2v) is 15.3. The Morgan fingerprint density at radius 3 is 1.38 bits per heavy atom. The van der Waals surface area contributed by atoms with Gasteiger partial charge in [0.2, 0.25) is 0 Å². The number of nitrogens with zero attached hydrogens (tertiary/aromatic N) is 3. The van der Waals surface area contributed by atoms with Crippen LogP contribution in [-0.4, -0.2) is 17.6 Å². The van der Waals surface area contributed by atoms with Gasteiger partial charge in [-0.15, -0.1) is 0 Å². The lowest BCUT2D eigenvalue weighted by molar-refractivity contribution is 1.06. The Morgan fingerprint density at radius 2 is 0.822 bits per heavy atom. The predicted octanol–water partition coefficient (Wildman–Crippen LogP) is 7.34. The highest BCUT2D eigenvalue weighted by Crippen LogP contribution is 2.38. The minimum Gasteiger partial charge on any atom is -0.295 e. The Balaban J connectivity index is 1.33.